The number of anilines is 1. The second kappa shape index (κ2) is 8.19. The molecule has 6 heteroatoms. The van der Waals surface area contributed by atoms with Gasteiger partial charge < -0.3 is 10.2 Å². The third-order valence-electron chi connectivity index (χ3n) is 6.56. The zero-order valence-electron chi connectivity index (χ0n) is 17.7. The highest BCUT2D eigenvalue weighted by atomic mass is 15.3. The maximum absolute atomic E-state index is 4.44. The minimum Gasteiger partial charge on any atom is -0.366 e. The molecule has 0 bridgehead atoms. The number of hydrogen-bond donors (Lipinski definition) is 1. The van der Waals surface area contributed by atoms with E-state index >= 15 is 0 Å². The first-order chi connectivity index (χ1) is 13.5. The molecule has 0 aromatic carbocycles. The van der Waals surface area contributed by atoms with Crippen molar-refractivity contribution < 1.29 is 0 Å². The van der Waals surface area contributed by atoms with Gasteiger partial charge in [0.2, 0.25) is 0 Å². The van der Waals surface area contributed by atoms with E-state index in [1.165, 1.54) is 45.3 Å². The molecule has 1 saturated carbocycles. The van der Waals surface area contributed by atoms with Crippen molar-refractivity contribution in [3.05, 3.63) is 23.9 Å². The van der Waals surface area contributed by atoms with Crippen LogP contribution in [-0.2, 0) is 7.05 Å². The first-order valence-corrected chi connectivity index (χ1v) is 10.8. The van der Waals surface area contributed by atoms with Crippen LogP contribution in [0.4, 0.5) is 5.82 Å². The Morgan fingerprint density at radius 2 is 1.93 bits per heavy atom. The van der Waals surface area contributed by atoms with Crippen LogP contribution in [0.15, 0.2) is 18.3 Å². The molecule has 4 atom stereocenters. The van der Waals surface area contributed by atoms with Crippen LogP contribution in [-0.4, -0.2) is 50.6 Å². The average molecular weight is 383 g/mol. The number of aryl methyl sites for hydroxylation is 2. The molecule has 1 aliphatic carbocycles. The van der Waals surface area contributed by atoms with E-state index in [2.05, 4.69) is 52.4 Å². The minimum atomic E-state index is 0.531. The van der Waals surface area contributed by atoms with Crippen molar-refractivity contribution in [1.29, 1.82) is 0 Å². The number of likely N-dealkylation sites (tertiary alicyclic amines) is 1. The number of hydrogen-bond acceptors (Lipinski definition) is 5. The van der Waals surface area contributed by atoms with Gasteiger partial charge in [0.05, 0.1) is 11.9 Å². The molecule has 0 amide bonds. The van der Waals surface area contributed by atoms with Gasteiger partial charge in [-0.25, -0.2) is 0 Å². The van der Waals surface area contributed by atoms with Gasteiger partial charge in [-0.15, -0.1) is 10.2 Å². The first-order valence-electron chi connectivity index (χ1n) is 10.8. The number of nitrogens with zero attached hydrogens (tertiary/aromatic N) is 5. The molecular weight excluding hydrogens is 348 g/mol. The molecule has 2 fully saturated rings. The van der Waals surface area contributed by atoms with Crippen LogP contribution in [0.2, 0.25) is 0 Å². The molecule has 0 radical (unpaired) electrons. The number of nitrogens with one attached hydrogen (secondary N) is 1. The highest BCUT2D eigenvalue weighted by molar-refractivity contribution is 5.59. The van der Waals surface area contributed by atoms with Crippen molar-refractivity contribution in [1.82, 2.24) is 24.9 Å². The monoisotopic (exact) mass is 382 g/mol. The standard InChI is InChI=1S/C22H34N6/c1-5-6-15(2)12-28-13-17-9-19(10-18(17)14-28)24-21-8-7-20(25-26-21)22-16(3)11-23-27(22)4/h7-8,11,15,17-19H,5-6,9-10,12-14H2,1-4H3,(H,24,26)/t15?,17-,18+,19-. The van der Waals surface area contributed by atoms with E-state index in [1.54, 1.807) is 0 Å². The summed E-state index contributed by atoms with van der Waals surface area (Å²) in [6.07, 6.45) is 7.03. The number of rotatable bonds is 7. The summed E-state index contributed by atoms with van der Waals surface area (Å²) in [7, 11) is 1.94. The van der Waals surface area contributed by atoms with Gasteiger partial charge in [0, 0.05) is 32.7 Å². The Bertz CT molecular complexity index is 749. The predicted octanol–water partition coefficient (Wildman–Crippen LogP) is 3.74. The van der Waals surface area contributed by atoms with Crippen molar-refractivity contribution in [3.63, 3.8) is 0 Å². The van der Waals surface area contributed by atoms with Gasteiger partial charge in [0.1, 0.15) is 11.5 Å². The molecule has 28 heavy (non-hydrogen) atoms. The van der Waals surface area contributed by atoms with Crippen molar-refractivity contribution in [2.45, 2.75) is 52.5 Å². The lowest BCUT2D eigenvalue weighted by atomic mass is 10.0. The van der Waals surface area contributed by atoms with Gasteiger partial charge in [0.15, 0.2) is 0 Å². The SMILES string of the molecule is CCCC(C)CN1C[C@H]2C[C@@H](Nc3ccc(-c4c(C)cnn4C)nn3)C[C@H]2C1. The third kappa shape index (κ3) is 4.07. The molecule has 0 spiro atoms. The molecule has 1 saturated heterocycles. The van der Waals surface area contributed by atoms with E-state index < -0.39 is 0 Å². The molecule has 2 aromatic heterocycles. The summed E-state index contributed by atoms with van der Waals surface area (Å²) in [6.45, 7) is 10.6. The molecule has 3 heterocycles. The summed E-state index contributed by atoms with van der Waals surface area (Å²) in [5, 5.41) is 16.8. The van der Waals surface area contributed by atoms with Gasteiger partial charge in [0.25, 0.3) is 0 Å². The largest absolute Gasteiger partial charge is 0.366 e. The highest BCUT2D eigenvalue weighted by Gasteiger charge is 2.40. The fourth-order valence-corrected chi connectivity index (χ4v) is 5.35. The summed E-state index contributed by atoms with van der Waals surface area (Å²) in [5.41, 5.74) is 3.04. The van der Waals surface area contributed by atoms with Crippen LogP contribution in [0.5, 0.6) is 0 Å². The van der Waals surface area contributed by atoms with Crippen molar-refractivity contribution in [2.75, 3.05) is 25.0 Å². The fraction of sp³-hybridized carbons (Fsp3) is 0.682. The van der Waals surface area contributed by atoms with Crippen LogP contribution in [0, 0.1) is 24.7 Å². The second-order valence-corrected chi connectivity index (χ2v) is 9.05. The van der Waals surface area contributed by atoms with Crippen LogP contribution < -0.4 is 5.32 Å². The summed E-state index contributed by atoms with van der Waals surface area (Å²) in [6, 6.07) is 4.64. The third-order valence-corrected chi connectivity index (χ3v) is 6.56. The van der Waals surface area contributed by atoms with Gasteiger partial charge in [-0.1, -0.05) is 20.3 Å². The van der Waals surface area contributed by atoms with E-state index in [4.69, 9.17) is 0 Å². The topological polar surface area (TPSA) is 58.9 Å². The van der Waals surface area contributed by atoms with Crippen molar-refractivity contribution in [2.24, 2.45) is 24.8 Å². The van der Waals surface area contributed by atoms with Crippen molar-refractivity contribution in [3.8, 4) is 11.4 Å². The van der Waals surface area contributed by atoms with E-state index in [-0.39, 0.29) is 0 Å². The lowest BCUT2D eigenvalue weighted by Gasteiger charge is -2.22. The Morgan fingerprint density at radius 1 is 1.18 bits per heavy atom. The van der Waals surface area contributed by atoms with Gasteiger partial charge >= 0.3 is 0 Å². The molecule has 2 aromatic rings. The molecule has 152 valence electrons. The smallest absolute Gasteiger partial charge is 0.148 e. The van der Waals surface area contributed by atoms with Gasteiger partial charge in [-0.2, -0.15) is 5.10 Å². The van der Waals surface area contributed by atoms with Crippen LogP contribution in [0.1, 0.15) is 45.1 Å². The van der Waals surface area contributed by atoms with Crippen molar-refractivity contribution >= 4 is 5.82 Å². The van der Waals surface area contributed by atoms with Crippen LogP contribution >= 0.6 is 0 Å². The maximum atomic E-state index is 4.44. The highest BCUT2D eigenvalue weighted by Crippen LogP contribution is 2.39. The van der Waals surface area contributed by atoms with Gasteiger partial charge in [-0.3, -0.25) is 4.68 Å². The Kier molecular flexibility index (Phi) is 5.67. The molecule has 1 unspecified atom stereocenters. The maximum Gasteiger partial charge on any atom is 0.148 e. The number of fused-ring (bicyclic) bond motifs is 1. The fourth-order valence-electron chi connectivity index (χ4n) is 5.35. The Hall–Kier alpha value is -1.95. The summed E-state index contributed by atoms with van der Waals surface area (Å²) in [5.74, 6) is 3.41. The number of aromatic nitrogens is 4. The lowest BCUT2D eigenvalue weighted by Crippen LogP contribution is -2.29. The molecular formula is C22H34N6. The summed E-state index contributed by atoms with van der Waals surface area (Å²) >= 11 is 0. The predicted molar refractivity (Wildman–Crippen MR) is 113 cm³/mol. The summed E-state index contributed by atoms with van der Waals surface area (Å²) < 4.78 is 1.86. The minimum absolute atomic E-state index is 0.531. The molecule has 4 rings (SSSR count). The first kappa shape index (κ1) is 19.4. The average Bonchev–Trinajstić information content (AvgIpc) is 3.29. The van der Waals surface area contributed by atoms with E-state index in [9.17, 15) is 0 Å². The molecule has 1 aliphatic heterocycles. The Labute approximate surface area is 168 Å². The van der Waals surface area contributed by atoms with Crippen LogP contribution in [0.3, 0.4) is 0 Å². The molecule has 1 N–H and O–H groups in total. The van der Waals surface area contributed by atoms with Crippen LogP contribution in [0.25, 0.3) is 11.4 Å². The van der Waals surface area contributed by atoms with Gasteiger partial charge in [-0.05, 0) is 61.6 Å². The zero-order valence-corrected chi connectivity index (χ0v) is 17.7. The van der Waals surface area contributed by atoms with E-state index in [0.717, 1.165) is 40.5 Å². The molecule has 6 nitrogen and oxygen atoms in total. The normalized spacial score (nSPS) is 25.8. The Morgan fingerprint density at radius 3 is 2.50 bits per heavy atom. The lowest BCUT2D eigenvalue weighted by molar-refractivity contribution is 0.259. The van der Waals surface area contributed by atoms with E-state index in [1.807, 2.05) is 24.0 Å². The second-order valence-electron chi connectivity index (χ2n) is 9.05. The zero-order chi connectivity index (χ0) is 19.7. The molecule has 2 aliphatic rings. The summed E-state index contributed by atoms with van der Waals surface area (Å²) in [4.78, 5) is 2.71. The quantitative estimate of drug-likeness (QED) is 0.790. The van der Waals surface area contributed by atoms with E-state index in [0.29, 0.717) is 6.04 Å². The Balaban J connectivity index is 1.30.